The van der Waals surface area contributed by atoms with Gasteiger partial charge >= 0.3 is 0 Å². The Morgan fingerprint density at radius 3 is 2.65 bits per heavy atom. The number of halogens is 1. The Morgan fingerprint density at radius 1 is 1.00 bits per heavy atom. The van der Waals surface area contributed by atoms with Crippen molar-refractivity contribution in [2.24, 2.45) is 0 Å². The third-order valence-corrected chi connectivity index (χ3v) is 7.15. The van der Waals surface area contributed by atoms with Crippen LogP contribution in [0, 0.1) is 5.82 Å². The van der Waals surface area contributed by atoms with Gasteiger partial charge in [-0.15, -0.1) is 0 Å². The van der Waals surface area contributed by atoms with E-state index < -0.39 is 10.0 Å². The lowest BCUT2D eigenvalue weighted by Crippen LogP contribution is -2.35. The van der Waals surface area contributed by atoms with E-state index in [-0.39, 0.29) is 22.2 Å². The fraction of sp³-hybridized carbons (Fsp3) is 0.208. The minimum atomic E-state index is -3.79. The number of nitrogens with zero attached hydrogens (tertiary/aromatic N) is 1. The van der Waals surface area contributed by atoms with E-state index in [0.717, 1.165) is 24.0 Å². The van der Waals surface area contributed by atoms with E-state index in [0.29, 0.717) is 25.2 Å². The monoisotopic (exact) mass is 438 g/mol. The average molecular weight is 439 g/mol. The van der Waals surface area contributed by atoms with Crippen LogP contribution in [0.3, 0.4) is 0 Å². The number of hydrogen-bond donors (Lipinski definition) is 1. The van der Waals surface area contributed by atoms with Gasteiger partial charge in [0.15, 0.2) is 0 Å². The topological polar surface area (TPSA) is 66.5 Å². The summed E-state index contributed by atoms with van der Waals surface area (Å²) in [6.07, 6.45) is 2.07. The molecule has 0 fully saturated rings. The van der Waals surface area contributed by atoms with Gasteiger partial charge in [0, 0.05) is 18.7 Å². The lowest BCUT2D eigenvalue weighted by Gasteiger charge is -2.30. The number of anilines is 1. The standard InChI is InChI=1S/C24H23FN2O3S/c25-21-10-3-6-18(16-21)13-14-26-24(28)20-8-4-11-22(17-20)31(29,30)27-15-5-9-19-7-1-2-12-23(19)27/h1-4,6-8,10-12,16-17H,5,9,13-15H2,(H,26,28). The summed E-state index contributed by atoms with van der Waals surface area (Å²) in [4.78, 5) is 12.6. The Hall–Kier alpha value is -3.19. The second kappa shape index (κ2) is 8.89. The van der Waals surface area contributed by atoms with Gasteiger partial charge in [0.2, 0.25) is 0 Å². The van der Waals surface area contributed by atoms with E-state index >= 15 is 0 Å². The number of carbonyl (C=O) groups is 1. The van der Waals surface area contributed by atoms with Crippen molar-refractivity contribution in [3.63, 3.8) is 0 Å². The van der Waals surface area contributed by atoms with E-state index in [4.69, 9.17) is 0 Å². The molecule has 0 atom stereocenters. The van der Waals surface area contributed by atoms with Crippen molar-refractivity contribution in [3.05, 3.63) is 95.3 Å². The molecule has 0 saturated heterocycles. The van der Waals surface area contributed by atoms with Crippen molar-refractivity contribution < 1.29 is 17.6 Å². The second-order valence-electron chi connectivity index (χ2n) is 7.47. The van der Waals surface area contributed by atoms with Crippen molar-refractivity contribution >= 4 is 21.6 Å². The van der Waals surface area contributed by atoms with Crippen LogP contribution >= 0.6 is 0 Å². The minimum Gasteiger partial charge on any atom is -0.352 e. The van der Waals surface area contributed by atoms with Crippen LogP contribution in [0.4, 0.5) is 10.1 Å². The van der Waals surface area contributed by atoms with E-state index in [1.807, 2.05) is 24.3 Å². The third kappa shape index (κ3) is 4.61. The van der Waals surface area contributed by atoms with Gasteiger partial charge in [0.25, 0.3) is 15.9 Å². The molecule has 3 aromatic carbocycles. The Balaban J connectivity index is 1.49. The fourth-order valence-electron chi connectivity index (χ4n) is 3.79. The molecule has 1 heterocycles. The molecule has 31 heavy (non-hydrogen) atoms. The number of fused-ring (bicyclic) bond motifs is 1. The first-order valence-electron chi connectivity index (χ1n) is 10.2. The lowest BCUT2D eigenvalue weighted by molar-refractivity contribution is 0.0954. The molecule has 160 valence electrons. The van der Waals surface area contributed by atoms with Crippen LogP contribution in [0.15, 0.2) is 77.7 Å². The molecule has 0 aromatic heterocycles. The highest BCUT2D eigenvalue weighted by atomic mass is 32.2. The first kappa shape index (κ1) is 21.1. The molecule has 0 spiro atoms. The molecule has 1 N–H and O–H groups in total. The fourth-order valence-corrected chi connectivity index (χ4v) is 5.38. The largest absolute Gasteiger partial charge is 0.352 e. The number of carbonyl (C=O) groups excluding carboxylic acids is 1. The highest BCUT2D eigenvalue weighted by molar-refractivity contribution is 7.92. The molecule has 5 nitrogen and oxygen atoms in total. The summed E-state index contributed by atoms with van der Waals surface area (Å²) in [7, 11) is -3.79. The number of sulfonamides is 1. The summed E-state index contributed by atoms with van der Waals surface area (Å²) in [5.74, 6) is -0.687. The van der Waals surface area contributed by atoms with Crippen LogP contribution in [-0.4, -0.2) is 27.4 Å². The molecule has 1 aliphatic rings. The first-order chi connectivity index (χ1) is 14.9. The number of hydrogen-bond acceptors (Lipinski definition) is 3. The summed E-state index contributed by atoms with van der Waals surface area (Å²) in [5, 5.41) is 2.77. The highest BCUT2D eigenvalue weighted by Gasteiger charge is 2.29. The number of para-hydroxylation sites is 1. The van der Waals surface area contributed by atoms with Crippen molar-refractivity contribution in [3.8, 4) is 0 Å². The normalized spacial score (nSPS) is 13.5. The van der Waals surface area contributed by atoms with Crippen molar-refractivity contribution in [2.45, 2.75) is 24.2 Å². The van der Waals surface area contributed by atoms with E-state index in [9.17, 15) is 17.6 Å². The lowest BCUT2D eigenvalue weighted by atomic mass is 10.0. The van der Waals surface area contributed by atoms with Crippen molar-refractivity contribution in [1.82, 2.24) is 5.32 Å². The summed E-state index contributed by atoms with van der Waals surface area (Å²) in [6.45, 7) is 0.724. The molecule has 1 aliphatic heterocycles. The zero-order valence-corrected chi connectivity index (χ0v) is 17.7. The Kier molecular flexibility index (Phi) is 6.04. The molecular formula is C24H23FN2O3S. The summed E-state index contributed by atoms with van der Waals surface area (Å²) >= 11 is 0. The molecule has 7 heteroatoms. The number of nitrogens with one attached hydrogen (secondary N) is 1. The summed E-state index contributed by atoms with van der Waals surface area (Å²) < 4.78 is 41.3. The maximum atomic E-state index is 13.3. The van der Waals surface area contributed by atoms with Gasteiger partial charge in [-0.1, -0.05) is 36.4 Å². The molecule has 0 aliphatic carbocycles. The quantitative estimate of drug-likeness (QED) is 0.634. The number of aryl methyl sites for hydroxylation is 1. The van der Waals surface area contributed by atoms with Gasteiger partial charge in [-0.3, -0.25) is 9.10 Å². The molecular weight excluding hydrogens is 415 g/mol. The highest BCUT2D eigenvalue weighted by Crippen LogP contribution is 2.31. The molecule has 0 saturated carbocycles. The van der Waals surface area contributed by atoms with E-state index in [1.165, 1.54) is 28.6 Å². The number of amides is 1. The molecule has 0 radical (unpaired) electrons. The SMILES string of the molecule is O=C(NCCc1cccc(F)c1)c1cccc(S(=O)(=O)N2CCCc3ccccc32)c1. The second-order valence-corrected chi connectivity index (χ2v) is 9.34. The maximum absolute atomic E-state index is 13.3. The molecule has 0 unspecified atom stereocenters. The zero-order valence-electron chi connectivity index (χ0n) is 16.9. The van der Waals surface area contributed by atoms with E-state index in [2.05, 4.69) is 5.32 Å². The van der Waals surface area contributed by atoms with Crippen molar-refractivity contribution in [1.29, 1.82) is 0 Å². The third-order valence-electron chi connectivity index (χ3n) is 5.34. The molecule has 3 aromatic rings. The van der Waals surface area contributed by atoms with Gasteiger partial charge < -0.3 is 5.32 Å². The molecule has 1 amide bonds. The van der Waals surface area contributed by atoms with Gasteiger partial charge in [-0.25, -0.2) is 12.8 Å². The number of benzene rings is 3. The first-order valence-corrected chi connectivity index (χ1v) is 11.6. The number of rotatable bonds is 6. The molecule has 4 rings (SSSR count). The van der Waals surface area contributed by atoms with Crippen LogP contribution in [0.1, 0.15) is 27.9 Å². The molecule has 0 bridgehead atoms. The summed E-state index contributed by atoms with van der Waals surface area (Å²) in [6, 6.07) is 19.8. The summed E-state index contributed by atoms with van der Waals surface area (Å²) in [5.41, 5.74) is 2.74. The van der Waals surface area contributed by atoms with Crippen LogP contribution in [0.5, 0.6) is 0 Å². The Bertz CT molecular complexity index is 1210. The van der Waals surface area contributed by atoms with Gasteiger partial charge in [-0.05, 0) is 66.8 Å². The smallest absolute Gasteiger partial charge is 0.264 e. The van der Waals surface area contributed by atoms with Gasteiger partial charge in [0.05, 0.1) is 10.6 Å². The van der Waals surface area contributed by atoms with Crippen LogP contribution < -0.4 is 9.62 Å². The van der Waals surface area contributed by atoms with Gasteiger partial charge in [-0.2, -0.15) is 0 Å². The average Bonchev–Trinajstić information content (AvgIpc) is 2.79. The van der Waals surface area contributed by atoms with Crippen LogP contribution in [-0.2, 0) is 22.9 Å². The maximum Gasteiger partial charge on any atom is 0.264 e. The van der Waals surface area contributed by atoms with Crippen molar-refractivity contribution in [2.75, 3.05) is 17.4 Å². The van der Waals surface area contributed by atoms with Gasteiger partial charge in [0.1, 0.15) is 5.82 Å². The Morgan fingerprint density at radius 2 is 1.81 bits per heavy atom. The predicted molar refractivity (Wildman–Crippen MR) is 118 cm³/mol. The van der Waals surface area contributed by atoms with Crippen LogP contribution in [0.25, 0.3) is 0 Å². The Labute approximate surface area is 181 Å². The minimum absolute atomic E-state index is 0.0852. The van der Waals surface area contributed by atoms with E-state index in [1.54, 1.807) is 24.3 Å². The van der Waals surface area contributed by atoms with Crippen LogP contribution in [0.2, 0.25) is 0 Å². The predicted octanol–water partition coefficient (Wildman–Crippen LogP) is 3.94. The zero-order chi connectivity index (χ0) is 21.8.